The lowest BCUT2D eigenvalue weighted by Crippen LogP contribution is -2.17. The Kier molecular flexibility index (Phi) is 3.92. The van der Waals surface area contributed by atoms with Crippen molar-refractivity contribution in [2.24, 2.45) is 5.92 Å². The number of imidazole rings is 1. The van der Waals surface area contributed by atoms with Crippen molar-refractivity contribution in [3.8, 4) is 0 Å². The minimum absolute atomic E-state index is 0.525. The van der Waals surface area contributed by atoms with Crippen molar-refractivity contribution in [3.05, 3.63) is 42.2 Å². The van der Waals surface area contributed by atoms with Crippen molar-refractivity contribution in [1.82, 2.24) is 19.4 Å². The molecule has 0 bridgehead atoms. The molecule has 2 aromatic heterocycles. The highest BCUT2D eigenvalue weighted by atomic mass is 15.1. The first kappa shape index (κ1) is 13.4. The second-order valence-corrected chi connectivity index (χ2v) is 5.80. The van der Waals surface area contributed by atoms with Crippen LogP contribution in [0.2, 0.25) is 0 Å². The topological polar surface area (TPSA) is 34.8 Å². The highest BCUT2D eigenvalue weighted by Crippen LogP contribution is 2.40. The molecule has 3 rings (SSSR count). The normalized spacial score (nSPS) is 16.5. The average Bonchev–Trinajstić information content (AvgIpc) is 3.02. The van der Waals surface area contributed by atoms with Crippen molar-refractivity contribution in [3.63, 3.8) is 0 Å². The average molecular weight is 272 g/mol. The predicted molar refractivity (Wildman–Crippen MR) is 80.6 cm³/mol. The number of nitrogens with zero attached hydrogens (tertiary/aromatic N) is 3. The van der Waals surface area contributed by atoms with E-state index in [1.807, 2.05) is 12.5 Å². The Morgan fingerprint density at radius 2 is 2.30 bits per heavy atom. The van der Waals surface area contributed by atoms with Gasteiger partial charge < -0.3 is 14.5 Å². The Balaban J connectivity index is 1.71. The molecule has 1 fully saturated rings. The molecule has 0 spiro atoms. The van der Waals surface area contributed by atoms with Gasteiger partial charge in [0, 0.05) is 31.2 Å². The zero-order chi connectivity index (χ0) is 13.9. The van der Waals surface area contributed by atoms with Crippen LogP contribution in [0.25, 0.3) is 0 Å². The maximum absolute atomic E-state index is 4.27. The zero-order valence-corrected chi connectivity index (χ0v) is 12.4. The van der Waals surface area contributed by atoms with E-state index in [9.17, 15) is 0 Å². The quantitative estimate of drug-likeness (QED) is 0.841. The van der Waals surface area contributed by atoms with E-state index in [0.29, 0.717) is 6.04 Å². The highest BCUT2D eigenvalue weighted by molar-refractivity contribution is 5.19. The van der Waals surface area contributed by atoms with Crippen LogP contribution in [0.1, 0.15) is 43.5 Å². The summed E-state index contributed by atoms with van der Waals surface area (Å²) >= 11 is 0. The summed E-state index contributed by atoms with van der Waals surface area (Å²) < 4.78 is 4.52. The van der Waals surface area contributed by atoms with Crippen LogP contribution in [-0.4, -0.2) is 21.2 Å². The van der Waals surface area contributed by atoms with E-state index in [2.05, 4.69) is 51.9 Å². The molecule has 0 amide bonds. The number of aryl methyl sites for hydroxylation is 1. The molecule has 1 atom stereocenters. The molecule has 4 nitrogen and oxygen atoms in total. The van der Waals surface area contributed by atoms with E-state index in [1.54, 1.807) is 0 Å². The summed E-state index contributed by atoms with van der Waals surface area (Å²) in [6.45, 7) is 4.15. The molecule has 2 heterocycles. The molecular formula is C16H24N4. The third-order valence-corrected chi connectivity index (χ3v) is 4.14. The van der Waals surface area contributed by atoms with E-state index in [1.165, 1.54) is 24.1 Å². The summed E-state index contributed by atoms with van der Waals surface area (Å²) in [5.74, 6) is 0.835. The summed E-state index contributed by atoms with van der Waals surface area (Å²) in [6.07, 6.45) is 12.2. The Hall–Kier alpha value is -1.55. The monoisotopic (exact) mass is 272 g/mol. The first-order chi connectivity index (χ1) is 9.81. The van der Waals surface area contributed by atoms with Gasteiger partial charge in [-0.25, -0.2) is 4.98 Å². The van der Waals surface area contributed by atoms with Crippen LogP contribution in [0.4, 0.5) is 0 Å². The van der Waals surface area contributed by atoms with Gasteiger partial charge in [0.1, 0.15) is 0 Å². The zero-order valence-electron chi connectivity index (χ0n) is 12.4. The second kappa shape index (κ2) is 5.83. The van der Waals surface area contributed by atoms with E-state index in [0.717, 1.165) is 25.4 Å². The molecule has 0 saturated heterocycles. The van der Waals surface area contributed by atoms with Crippen molar-refractivity contribution in [2.75, 3.05) is 7.05 Å². The van der Waals surface area contributed by atoms with Crippen molar-refractivity contribution >= 4 is 0 Å². The number of aromatic nitrogens is 3. The minimum atomic E-state index is 0.525. The molecular weight excluding hydrogens is 248 g/mol. The maximum Gasteiger partial charge on any atom is 0.0948 e. The number of nitrogens with one attached hydrogen (secondary N) is 1. The van der Waals surface area contributed by atoms with Crippen molar-refractivity contribution in [1.29, 1.82) is 0 Å². The van der Waals surface area contributed by atoms with Crippen molar-refractivity contribution < 1.29 is 0 Å². The Morgan fingerprint density at radius 1 is 1.45 bits per heavy atom. The fourth-order valence-corrected chi connectivity index (χ4v) is 2.95. The van der Waals surface area contributed by atoms with Gasteiger partial charge in [0.2, 0.25) is 0 Å². The molecule has 0 aromatic carbocycles. The molecule has 1 unspecified atom stereocenters. The fraction of sp³-hybridized carbons (Fsp3) is 0.562. The van der Waals surface area contributed by atoms with Gasteiger partial charge in [-0.15, -0.1) is 0 Å². The van der Waals surface area contributed by atoms with Gasteiger partial charge in [-0.2, -0.15) is 0 Å². The van der Waals surface area contributed by atoms with Crippen LogP contribution in [0.15, 0.2) is 31.0 Å². The molecule has 2 aromatic rings. The van der Waals surface area contributed by atoms with Crippen LogP contribution in [-0.2, 0) is 13.1 Å². The van der Waals surface area contributed by atoms with Gasteiger partial charge in [-0.1, -0.05) is 6.92 Å². The summed E-state index contributed by atoms with van der Waals surface area (Å²) in [6, 6.07) is 2.77. The van der Waals surface area contributed by atoms with Crippen LogP contribution in [0, 0.1) is 5.92 Å². The van der Waals surface area contributed by atoms with E-state index in [4.69, 9.17) is 0 Å². The lowest BCUT2D eigenvalue weighted by molar-refractivity contribution is 0.527. The number of rotatable bonds is 7. The summed E-state index contributed by atoms with van der Waals surface area (Å²) in [5.41, 5.74) is 2.69. The smallest absolute Gasteiger partial charge is 0.0948 e. The van der Waals surface area contributed by atoms with Gasteiger partial charge in [-0.3, -0.25) is 0 Å². The molecule has 1 N–H and O–H groups in total. The lowest BCUT2D eigenvalue weighted by Gasteiger charge is -2.13. The van der Waals surface area contributed by atoms with E-state index in [-0.39, 0.29) is 0 Å². The standard InChI is InChI=1S/C16H24N4/c1-3-7-20-12-18-9-15(20)11-19-8-6-14(10-19)16(17-2)13-4-5-13/h6,8-10,12-13,16-17H,3-5,7,11H2,1-2H3. The second-order valence-electron chi connectivity index (χ2n) is 5.80. The Morgan fingerprint density at radius 3 is 3.00 bits per heavy atom. The van der Waals surface area contributed by atoms with Gasteiger partial charge in [-0.05, 0) is 43.9 Å². The van der Waals surface area contributed by atoms with E-state index >= 15 is 0 Å². The van der Waals surface area contributed by atoms with Gasteiger partial charge in [0.15, 0.2) is 0 Å². The van der Waals surface area contributed by atoms with Crippen LogP contribution in [0.5, 0.6) is 0 Å². The molecule has 4 heteroatoms. The molecule has 1 aliphatic rings. The third kappa shape index (κ3) is 2.80. The molecule has 1 saturated carbocycles. The molecule has 20 heavy (non-hydrogen) atoms. The molecule has 1 aliphatic carbocycles. The van der Waals surface area contributed by atoms with Crippen LogP contribution >= 0.6 is 0 Å². The first-order valence-electron chi connectivity index (χ1n) is 7.63. The minimum Gasteiger partial charge on any atom is -0.348 e. The largest absolute Gasteiger partial charge is 0.348 e. The van der Waals surface area contributed by atoms with Crippen LogP contribution < -0.4 is 5.32 Å². The summed E-state index contributed by atoms with van der Waals surface area (Å²) in [5, 5.41) is 3.45. The lowest BCUT2D eigenvalue weighted by atomic mass is 10.1. The summed E-state index contributed by atoms with van der Waals surface area (Å²) in [4.78, 5) is 4.27. The maximum atomic E-state index is 4.27. The van der Waals surface area contributed by atoms with Gasteiger partial charge in [0.05, 0.1) is 18.6 Å². The molecule has 0 radical (unpaired) electrons. The van der Waals surface area contributed by atoms with Crippen molar-refractivity contribution in [2.45, 2.75) is 45.3 Å². The number of hydrogen-bond acceptors (Lipinski definition) is 2. The Labute approximate surface area is 120 Å². The predicted octanol–water partition coefficient (Wildman–Crippen LogP) is 2.81. The molecule has 0 aliphatic heterocycles. The summed E-state index contributed by atoms with van der Waals surface area (Å²) in [7, 11) is 2.07. The highest BCUT2D eigenvalue weighted by Gasteiger charge is 2.31. The fourth-order valence-electron chi connectivity index (χ4n) is 2.95. The Bertz CT molecular complexity index is 550. The third-order valence-electron chi connectivity index (χ3n) is 4.14. The van der Waals surface area contributed by atoms with Gasteiger partial charge in [0.25, 0.3) is 0 Å². The van der Waals surface area contributed by atoms with Crippen LogP contribution in [0.3, 0.4) is 0 Å². The van der Waals surface area contributed by atoms with E-state index < -0.39 is 0 Å². The SMILES string of the molecule is CCCn1cncc1Cn1ccc(C(NC)C2CC2)c1. The first-order valence-corrected chi connectivity index (χ1v) is 7.63. The number of hydrogen-bond donors (Lipinski definition) is 1. The molecule has 108 valence electrons. The van der Waals surface area contributed by atoms with Gasteiger partial charge >= 0.3 is 0 Å².